The second kappa shape index (κ2) is 5.93. The van der Waals surface area contributed by atoms with Gasteiger partial charge in [0.1, 0.15) is 12.2 Å². The van der Waals surface area contributed by atoms with Crippen LogP contribution >= 0.6 is 0 Å². The van der Waals surface area contributed by atoms with E-state index in [0.717, 1.165) is 12.4 Å². The van der Waals surface area contributed by atoms with Crippen molar-refractivity contribution < 1.29 is 0 Å². The van der Waals surface area contributed by atoms with E-state index in [1.54, 1.807) is 0 Å². The van der Waals surface area contributed by atoms with E-state index in [1.807, 2.05) is 6.07 Å². The maximum atomic E-state index is 4.11. The first-order valence-electron chi connectivity index (χ1n) is 7.04. The number of hydrogen-bond donors (Lipinski definition) is 2. The predicted molar refractivity (Wildman–Crippen MR) is 82.2 cm³/mol. The molecule has 2 N–H and O–H groups in total. The largest absolute Gasteiger partial charge is 0.318 e. The fourth-order valence-corrected chi connectivity index (χ4v) is 2.61. The molecule has 0 radical (unpaired) electrons. The van der Waals surface area contributed by atoms with Gasteiger partial charge in [0.05, 0.1) is 6.54 Å². The molecule has 0 atom stereocenters. The minimum absolute atomic E-state index is 0.689. The van der Waals surface area contributed by atoms with Crippen molar-refractivity contribution >= 4 is 0 Å². The lowest BCUT2D eigenvalue weighted by molar-refractivity contribution is 0.662. The Bertz CT molecular complexity index is 698. The third-order valence-electron chi connectivity index (χ3n) is 3.62. The highest BCUT2D eigenvalue weighted by Gasteiger charge is 2.10. The molecule has 0 aliphatic heterocycles. The third kappa shape index (κ3) is 2.87. The molecule has 5 nitrogen and oxygen atoms in total. The summed E-state index contributed by atoms with van der Waals surface area (Å²) in [6.07, 6.45) is 1.53. The highest BCUT2D eigenvalue weighted by Crippen LogP contribution is 2.20. The van der Waals surface area contributed by atoms with Gasteiger partial charge in [0.2, 0.25) is 0 Å². The lowest BCUT2D eigenvalue weighted by atomic mass is 10.2. The topological polar surface area (TPSA) is 58.5 Å². The maximum absolute atomic E-state index is 4.11. The van der Waals surface area contributed by atoms with Gasteiger partial charge in [0.15, 0.2) is 0 Å². The van der Waals surface area contributed by atoms with E-state index < -0.39 is 0 Å². The highest BCUT2D eigenvalue weighted by molar-refractivity contribution is 5.40. The Morgan fingerprint density at radius 2 is 1.95 bits per heavy atom. The van der Waals surface area contributed by atoms with Crippen molar-refractivity contribution in [1.29, 1.82) is 0 Å². The Hall–Kier alpha value is -2.40. The predicted octanol–water partition coefficient (Wildman–Crippen LogP) is 2.50. The summed E-state index contributed by atoms with van der Waals surface area (Å²) >= 11 is 0. The molecule has 3 rings (SSSR count). The highest BCUT2D eigenvalue weighted by atomic mass is 15.2. The van der Waals surface area contributed by atoms with Crippen LogP contribution in [0, 0.1) is 13.8 Å². The molecule has 0 amide bonds. The number of aromatic nitrogens is 4. The molecule has 2 heterocycles. The van der Waals surface area contributed by atoms with E-state index in [2.05, 4.69) is 69.2 Å². The van der Waals surface area contributed by atoms with E-state index in [9.17, 15) is 0 Å². The number of aryl methyl sites for hydroxylation is 1. The van der Waals surface area contributed by atoms with Gasteiger partial charge in [-0.3, -0.25) is 5.10 Å². The molecule has 0 aliphatic carbocycles. The Kier molecular flexibility index (Phi) is 3.83. The summed E-state index contributed by atoms with van der Waals surface area (Å²) in [7, 11) is 0. The first-order chi connectivity index (χ1) is 10.3. The van der Waals surface area contributed by atoms with Crippen molar-refractivity contribution in [2.75, 3.05) is 0 Å². The average Bonchev–Trinajstić information content (AvgIpc) is 3.09. The molecule has 0 fully saturated rings. The van der Waals surface area contributed by atoms with E-state index in [1.165, 1.54) is 29.0 Å². The number of hydrogen-bond acceptors (Lipinski definition) is 3. The van der Waals surface area contributed by atoms with Crippen LogP contribution < -0.4 is 5.32 Å². The number of nitrogens with one attached hydrogen (secondary N) is 2. The molecule has 0 spiro atoms. The van der Waals surface area contributed by atoms with Gasteiger partial charge in [0.25, 0.3) is 0 Å². The second-order valence-electron chi connectivity index (χ2n) is 5.10. The molecule has 0 saturated carbocycles. The normalized spacial score (nSPS) is 11.0. The monoisotopic (exact) mass is 281 g/mol. The summed E-state index contributed by atoms with van der Waals surface area (Å²) in [5.41, 5.74) is 5.02. The van der Waals surface area contributed by atoms with Crippen LogP contribution in [0.25, 0.3) is 5.69 Å². The molecule has 5 heteroatoms. The quantitative estimate of drug-likeness (QED) is 0.755. The summed E-state index contributed by atoms with van der Waals surface area (Å²) in [4.78, 5) is 4.11. The van der Waals surface area contributed by atoms with Crippen LogP contribution in [0.4, 0.5) is 0 Å². The molecule has 0 unspecified atom stereocenters. The number of para-hydroxylation sites is 1. The first-order valence-corrected chi connectivity index (χ1v) is 7.04. The Morgan fingerprint density at radius 1 is 1.14 bits per heavy atom. The van der Waals surface area contributed by atoms with Gasteiger partial charge < -0.3 is 9.88 Å². The van der Waals surface area contributed by atoms with Crippen LogP contribution in [0.15, 0.2) is 42.7 Å². The van der Waals surface area contributed by atoms with E-state index in [0.29, 0.717) is 6.54 Å². The van der Waals surface area contributed by atoms with Crippen LogP contribution in [0.5, 0.6) is 0 Å². The SMILES string of the molecule is Cc1cc(CNCc2ncn[nH]2)c(C)n1-c1ccccc1. The number of benzene rings is 1. The van der Waals surface area contributed by atoms with Gasteiger partial charge in [-0.1, -0.05) is 18.2 Å². The number of rotatable bonds is 5. The minimum Gasteiger partial charge on any atom is -0.318 e. The van der Waals surface area contributed by atoms with E-state index in [-0.39, 0.29) is 0 Å². The summed E-state index contributed by atoms with van der Waals surface area (Å²) in [6.45, 7) is 5.80. The van der Waals surface area contributed by atoms with Gasteiger partial charge >= 0.3 is 0 Å². The number of aromatic amines is 1. The molecule has 0 saturated heterocycles. The lowest BCUT2D eigenvalue weighted by Crippen LogP contribution is -2.14. The van der Waals surface area contributed by atoms with Crippen LogP contribution in [0.1, 0.15) is 22.8 Å². The Morgan fingerprint density at radius 3 is 2.67 bits per heavy atom. The van der Waals surface area contributed by atoms with Crippen LogP contribution in [0.2, 0.25) is 0 Å². The van der Waals surface area contributed by atoms with Crippen molar-refractivity contribution in [1.82, 2.24) is 25.1 Å². The molecule has 2 aromatic heterocycles. The fraction of sp³-hybridized carbons (Fsp3) is 0.250. The third-order valence-corrected chi connectivity index (χ3v) is 3.62. The van der Waals surface area contributed by atoms with Crippen molar-refractivity contribution in [3.63, 3.8) is 0 Å². The molecule has 21 heavy (non-hydrogen) atoms. The number of nitrogens with zero attached hydrogens (tertiary/aromatic N) is 3. The summed E-state index contributed by atoms with van der Waals surface area (Å²) in [6, 6.07) is 12.7. The van der Waals surface area contributed by atoms with Crippen LogP contribution in [-0.2, 0) is 13.1 Å². The van der Waals surface area contributed by atoms with Gasteiger partial charge in [0, 0.05) is 23.6 Å². The number of H-pyrrole nitrogens is 1. The molecule has 108 valence electrons. The van der Waals surface area contributed by atoms with E-state index in [4.69, 9.17) is 0 Å². The second-order valence-corrected chi connectivity index (χ2v) is 5.10. The van der Waals surface area contributed by atoms with Crippen molar-refractivity contribution in [3.8, 4) is 5.69 Å². The molecule has 0 aliphatic rings. The molecular formula is C16H19N5. The Labute approximate surface area is 124 Å². The zero-order valence-corrected chi connectivity index (χ0v) is 12.3. The molecule has 0 bridgehead atoms. The van der Waals surface area contributed by atoms with E-state index >= 15 is 0 Å². The molecular weight excluding hydrogens is 262 g/mol. The van der Waals surface area contributed by atoms with Crippen LogP contribution in [0.3, 0.4) is 0 Å². The molecule has 1 aromatic carbocycles. The maximum Gasteiger partial charge on any atom is 0.138 e. The zero-order chi connectivity index (χ0) is 14.7. The summed E-state index contributed by atoms with van der Waals surface area (Å²) in [5.74, 6) is 0.854. The van der Waals surface area contributed by atoms with Crippen LogP contribution in [-0.4, -0.2) is 19.7 Å². The fourth-order valence-electron chi connectivity index (χ4n) is 2.61. The minimum atomic E-state index is 0.689. The first kappa shape index (κ1) is 13.6. The van der Waals surface area contributed by atoms with Gasteiger partial charge in [-0.25, -0.2) is 4.98 Å². The zero-order valence-electron chi connectivity index (χ0n) is 12.3. The van der Waals surface area contributed by atoms with Gasteiger partial charge in [-0.05, 0) is 37.6 Å². The standard InChI is InChI=1S/C16H19N5/c1-12-8-14(9-17-10-16-18-11-19-20-16)13(2)21(12)15-6-4-3-5-7-15/h3-8,11,17H,9-10H2,1-2H3,(H,18,19,20). The average molecular weight is 281 g/mol. The van der Waals surface area contributed by atoms with Crippen molar-refractivity contribution in [3.05, 3.63) is 65.5 Å². The summed E-state index contributed by atoms with van der Waals surface area (Å²) in [5, 5.41) is 10.1. The van der Waals surface area contributed by atoms with Gasteiger partial charge in [-0.2, -0.15) is 5.10 Å². The molecule has 3 aromatic rings. The smallest absolute Gasteiger partial charge is 0.138 e. The van der Waals surface area contributed by atoms with Crippen molar-refractivity contribution in [2.24, 2.45) is 0 Å². The lowest BCUT2D eigenvalue weighted by Gasteiger charge is -2.10. The van der Waals surface area contributed by atoms with Crippen molar-refractivity contribution in [2.45, 2.75) is 26.9 Å². The van der Waals surface area contributed by atoms with Gasteiger partial charge in [-0.15, -0.1) is 0 Å². The Balaban J connectivity index is 1.75. The summed E-state index contributed by atoms with van der Waals surface area (Å²) < 4.78 is 2.28.